The van der Waals surface area contributed by atoms with Crippen LogP contribution in [-0.2, 0) is 4.74 Å². The fraction of sp³-hybridized carbons (Fsp3) is 0.120. The lowest BCUT2D eigenvalue weighted by atomic mass is 9.98. The molecular formula is C25H20N2O4. The summed E-state index contributed by atoms with van der Waals surface area (Å²) < 4.78 is 5.45. The first kappa shape index (κ1) is 20.0. The minimum atomic E-state index is -1.05. The molecule has 6 heteroatoms. The van der Waals surface area contributed by atoms with Gasteiger partial charge in [0, 0.05) is 17.2 Å². The summed E-state index contributed by atoms with van der Waals surface area (Å²) in [5.74, 6) is 4.56. The molecule has 0 heterocycles. The quantitative estimate of drug-likeness (QED) is 0.446. The average molecular weight is 412 g/mol. The molecule has 31 heavy (non-hydrogen) atoms. The number of rotatable bonds is 4. The van der Waals surface area contributed by atoms with Crippen LogP contribution in [0.25, 0.3) is 11.1 Å². The molecule has 0 saturated heterocycles. The minimum absolute atomic E-state index is 0.00298. The Labute approximate surface area is 179 Å². The average Bonchev–Trinajstić information content (AvgIpc) is 3.10. The largest absolute Gasteiger partial charge is 0.478 e. The van der Waals surface area contributed by atoms with Crippen LogP contribution in [-0.4, -0.2) is 30.3 Å². The third kappa shape index (κ3) is 4.21. The van der Waals surface area contributed by atoms with E-state index in [1.165, 1.54) is 23.3 Å². The van der Waals surface area contributed by atoms with Gasteiger partial charge in [0.1, 0.15) is 6.61 Å². The number of benzene rings is 3. The number of carboxylic acids is 1. The number of carbonyl (C=O) groups excluding carboxylic acids is 1. The number of hydrogen-bond donors (Lipinski definition) is 3. The summed E-state index contributed by atoms with van der Waals surface area (Å²) in [7, 11) is 0. The van der Waals surface area contributed by atoms with Crippen molar-refractivity contribution in [2.45, 2.75) is 5.92 Å². The topological polar surface area (TPSA) is 102 Å². The molecule has 0 radical (unpaired) electrons. The Balaban J connectivity index is 1.34. The van der Waals surface area contributed by atoms with Crippen LogP contribution in [0.2, 0.25) is 0 Å². The molecule has 0 unspecified atom stereocenters. The summed E-state index contributed by atoms with van der Waals surface area (Å²) >= 11 is 0. The van der Waals surface area contributed by atoms with Crippen molar-refractivity contribution in [2.24, 2.45) is 0 Å². The molecule has 0 aromatic heterocycles. The predicted molar refractivity (Wildman–Crippen MR) is 118 cm³/mol. The highest BCUT2D eigenvalue weighted by Crippen LogP contribution is 2.44. The van der Waals surface area contributed by atoms with Crippen molar-refractivity contribution in [1.29, 1.82) is 0 Å². The van der Waals surface area contributed by atoms with E-state index in [1.807, 2.05) is 24.3 Å². The normalized spacial score (nSPS) is 11.6. The molecular weight excluding hydrogens is 392 g/mol. The molecule has 1 amide bonds. The van der Waals surface area contributed by atoms with E-state index in [0.29, 0.717) is 5.56 Å². The van der Waals surface area contributed by atoms with Gasteiger partial charge in [-0.3, -0.25) is 0 Å². The maximum atomic E-state index is 12.1. The highest BCUT2D eigenvalue weighted by Gasteiger charge is 2.28. The zero-order chi connectivity index (χ0) is 21.8. The Bertz CT molecular complexity index is 1180. The second-order valence-electron chi connectivity index (χ2n) is 7.09. The summed E-state index contributed by atoms with van der Waals surface area (Å²) in [6, 6.07) is 20.6. The molecule has 6 nitrogen and oxygen atoms in total. The Kier molecular flexibility index (Phi) is 5.59. The summed E-state index contributed by atoms with van der Waals surface area (Å²) in [6.07, 6.45) is -0.551. The number of ether oxygens (including phenoxy) is 1. The van der Waals surface area contributed by atoms with E-state index in [9.17, 15) is 9.59 Å². The van der Waals surface area contributed by atoms with Crippen molar-refractivity contribution in [3.8, 4) is 23.0 Å². The Morgan fingerprint density at radius 1 is 1.00 bits per heavy atom. The summed E-state index contributed by atoms with van der Waals surface area (Å²) in [5, 5.41) is 11.6. The number of fused-ring (bicyclic) bond motifs is 3. The number of nitrogens with two attached hydrogens (primary N) is 1. The molecule has 0 aliphatic heterocycles. The highest BCUT2D eigenvalue weighted by atomic mass is 16.5. The first-order valence-corrected chi connectivity index (χ1v) is 9.75. The molecule has 4 rings (SSSR count). The molecule has 3 aromatic rings. The molecule has 0 saturated carbocycles. The molecule has 1 aliphatic carbocycles. The van der Waals surface area contributed by atoms with Gasteiger partial charge in [-0.1, -0.05) is 60.4 Å². The Morgan fingerprint density at radius 2 is 1.65 bits per heavy atom. The summed E-state index contributed by atoms with van der Waals surface area (Å²) in [5.41, 5.74) is 11.3. The number of carboxylic acid groups (broad SMARTS) is 1. The number of alkyl carbamates (subject to hydrolysis) is 1. The monoisotopic (exact) mass is 412 g/mol. The van der Waals surface area contributed by atoms with Crippen LogP contribution in [0.4, 0.5) is 10.5 Å². The summed E-state index contributed by atoms with van der Waals surface area (Å²) in [4.78, 5) is 23.1. The van der Waals surface area contributed by atoms with Crippen molar-refractivity contribution >= 4 is 17.7 Å². The van der Waals surface area contributed by atoms with E-state index in [4.69, 9.17) is 15.6 Å². The smallest absolute Gasteiger partial charge is 0.407 e. The van der Waals surface area contributed by atoms with Crippen LogP contribution < -0.4 is 11.1 Å². The van der Waals surface area contributed by atoms with E-state index >= 15 is 0 Å². The number of anilines is 1. The first-order chi connectivity index (χ1) is 15.0. The van der Waals surface area contributed by atoms with Crippen molar-refractivity contribution in [3.05, 3.63) is 89.0 Å². The lowest BCUT2D eigenvalue weighted by Crippen LogP contribution is -2.26. The zero-order valence-electron chi connectivity index (χ0n) is 16.6. The number of amides is 1. The maximum Gasteiger partial charge on any atom is 0.407 e. The molecule has 0 spiro atoms. The van der Waals surface area contributed by atoms with Crippen LogP contribution >= 0.6 is 0 Å². The van der Waals surface area contributed by atoms with Crippen LogP contribution in [0.3, 0.4) is 0 Å². The third-order valence-electron chi connectivity index (χ3n) is 5.19. The van der Waals surface area contributed by atoms with E-state index in [1.54, 1.807) is 6.07 Å². The van der Waals surface area contributed by atoms with Gasteiger partial charge >= 0.3 is 12.1 Å². The van der Waals surface area contributed by atoms with Gasteiger partial charge in [0.2, 0.25) is 0 Å². The molecule has 0 bridgehead atoms. The summed E-state index contributed by atoms with van der Waals surface area (Å²) in [6.45, 7) is 0.313. The highest BCUT2D eigenvalue weighted by molar-refractivity contribution is 5.89. The number of nitrogen functional groups attached to an aromatic ring is 1. The second kappa shape index (κ2) is 8.64. The molecule has 0 fully saturated rings. The molecule has 1 aliphatic rings. The second-order valence-corrected chi connectivity index (χ2v) is 7.09. The number of carbonyl (C=O) groups is 2. The van der Waals surface area contributed by atoms with Crippen LogP contribution in [0.1, 0.15) is 33.0 Å². The standard InChI is InChI=1S/C25H20N2O4/c26-23-14-17(24(28)29)12-11-16(23)6-5-13-27-25(30)31-15-22-20-9-3-1-7-18(20)19-8-2-4-10-21(19)22/h1-4,7-12,14,22H,13,15,26H2,(H,27,30)(H,28,29). The van der Waals surface area contributed by atoms with Gasteiger partial charge in [0.25, 0.3) is 0 Å². The number of aromatic carboxylic acids is 1. The van der Waals surface area contributed by atoms with Crippen molar-refractivity contribution < 1.29 is 19.4 Å². The SMILES string of the molecule is Nc1cc(C(=O)O)ccc1C#CCNC(=O)OCC1c2ccccc2-c2ccccc21. The van der Waals surface area contributed by atoms with E-state index in [0.717, 1.165) is 11.1 Å². The Hall–Kier alpha value is -4.24. The van der Waals surface area contributed by atoms with Crippen molar-refractivity contribution in [3.63, 3.8) is 0 Å². The molecule has 154 valence electrons. The van der Waals surface area contributed by atoms with Gasteiger partial charge in [0.05, 0.1) is 12.1 Å². The van der Waals surface area contributed by atoms with E-state index in [-0.39, 0.29) is 30.3 Å². The van der Waals surface area contributed by atoms with Crippen molar-refractivity contribution in [2.75, 3.05) is 18.9 Å². The molecule has 3 aromatic carbocycles. The van der Waals surface area contributed by atoms with Crippen LogP contribution in [0.15, 0.2) is 66.7 Å². The van der Waals surface area contributed by atoms with Gasteiger partial charge in [-0.15, -0.1) is 0 Å². The van der Waals surface area contributed by atoms with Crippen LogP contribution in [0.5, 0.6) is 0 Å². The number of nitrogens with one attached hydrogen (secondary N) is 1. The van der Waals surface area contributed by atoms with Crippen molar-refractivity contribution in [1.82, 2.24) is 5.32 Å². The van der Waals surface area contributed by atoms with E-state index in [2.05, 4.69) is 41.4 Å². The van der Waals surface area contributed by atoms with Gasteiger partial charge in [-0.05, 0) is 40.5 Å². The Morgan fingerprint density at radius 3 is 2.26 bits per heavy atom. The van der Waals surface area contributed by atoms with Gasteiger partial charge in [-0.25, -0.2) is 9.59 Å². The number of hydrogen-bond acceptors (Lipinski definition) is 4. The van der Waals surface area contributed by atoms with Gasteiger partial charge in [-0.2, -0.15) is 0 Å². The fourth-order valence-electron chi connectivity index (χ4n) is 3.71. The lowest BCUT2D eigenvalue weighted by Gasteiger charge is -2.14. The van der Waals surface area contributed by atoms with Gasteiger partial charge < -0.3 is 20.9 Å². The van der Waals surface area contributed by atoms with E-state index < -0.39 is 12.1 Å². The maximum absolute atomic E-state index is 12.1. The van der Waals surface area contributed by atoms with Crippen LogP contribution in [0, 0.1) is 11.8 Å². The first-order valence-electron chi connectivity index (χ1n) is 9.75. The zero-order valence-corrected chi connectivity index (χ0v) is 16.6. The third-order valence-corrected chi connectivity index (χ3v) is 5.19. The van der Waals surface area contributed by atoms with Gasteiger partial charge in [0.15, 0.2) is 0 Å². The fourth-order valence-corrected chi connectivity index (χ4v) is 3.71. The minimum Gasteiger partial charge on any atom is -0.478 e. The molecule has 0 atom stereocenters. The lowest BCUT2D eigenvalue weighted by molar-refractivity contribution is 0.0697. The molecule has 4 N–H and O–H groups in total. The predicted octanol–water partition coefficient (Wildman–Crippen LogP) is 3.86.